The largest absolute Gasteiger partial charge is 0.326 e. The van der Waals surface area contributed by atoms with Gasteiger partial charge in [0.15, 0.2) is 0 Å². The van der Waals surface area contributed by atoms with E-state index in [9.17, 15) is 9.59 Å². The van der Waals surface area contributed by atoms with Crippen LogP contribution >= 0.6 is 47.2 Å². The van der Waals surface area contributed by atoms with Crippen LogP contribution in [0.3, 0.4) is 0 Å². The number of benzene rings is 2. The van der Waals surface area contributed by atoms with Crippen LogP contribution in [0.4, 0.5) is 5.69 Å². The molecule has 2 amide bonds. The minimum atomic E-state index is -0.0690. The van der Waals surface area contributed by atoms with E-state index < -0.39 is 0 Å². The van der Waals surface area contributed by atoms with Crippen molar-refractivity contribution >= 4 is 75.1 Å². The summed E-state index contributed by atoms with van der Waals surface area (Å²) in [7, 11) is 0. The van der Waals surface area contributed by atoms with E-state index in [1.807, 2.05) is 18.2 Å². The van der Waals surface area contributed by atoms with E-state index in [1.165, 1.54) is 11.8 Å². The first-order valence-electron chi connectivity index (χ1n) is 9.49. The second kappa shape index (κ2) is 11.0. The Morgan fingerprint density at radius 2 is 1.63 bits per heavy atom. The summed E-state index contributed by atoms with van der Waals surface area (Å²) in [6.45, 7) is 0.557. The summed E-state index contributed by atoms with van der Waals surface area (Å²) in [6, 6.07) is 14.3. The third-order valence-electron chi connectivity index (χ3n) is 4.45. The van der Waals surface area contributed by atoms with Crippen LogP contribution in [-0.2, 0) is 9.59 Å². The summed E-state index contributed by atoms with van der Waals surface area (Å²) in [5.41, 5.74) is 1.64. The molecule has 156 valence electrons. The number of amides is 2. The maximum absolute atomic E-state index is 12.6. The number of thiocarbonyl (C=S) groups is 1. The van der Waals surface area contributed by atoms with E-state index in [0.717, 1.165) is 30.5 Å². The van der Waals surface area contributed by atoms with Gasteiger partial charge in [-0.1, -0.05) is 65.7 Å². The van der Waals surface area contributed by atoms with Gasteiger partial charge in [0.25, 0.3) is 5.91 Å². The van der Waals surface area contributed by atoms with Gasteiger partial charge in [-0.2, -0.15) is 0 Å². The average Bonchev–Trinajstić information content (AvgIpc) is 2.98. The van der Waals surface area contributed by atoms with Crippen molar-refractivity contribution in [3.8, 4) is 0 Å². The molecule has 8 heteroatoms. The molecule has 1 aliphatic heterocycles. The van der Waals surface area contributed by atoms with Gasteiger partial charge in [0, 0.05) is 28.7 Å². The number of nitrogens with one attached hydrogen (secondary N) is 1. The number of thioether (sulfide) groups is 1. The minimum Gasteiger partial charge on any atom is -0.326 e. The quantitative estimate of drug-likeness (QED) is 0.271. The Morgan fingerprint density at radius 1 is 1.00 bits per heavy atom. The molecular weight excluding hydrogens is 459 g/mol. The molecule has 0 aromatic heterocycles. The van der Waals surface area contributed by atoms with E-state index in [0.29, 0.717) is 32.2 Å². The van der Waals surface area contributed by atoms with Crippen molar-refractivity contribution in [1.29, 1.82) is 0 Å². The van der Waals surface area contributed by atoms with Gasteiger partial charge in [0.2, 0.25) is 5.91 Å². The number of carbonyl (C=O) groups excluding carboxylic acids is 2. The second-order valence-corrected chi connectivity index (χ2v) is 9.30. The van der Waals surface area contributed by atoms with Crippen LogP contribution in [0.1, 0.15) is 31.2 Å². The number of anilines is 1. The lowest BCUT2D eigenvalue weighted by molar-refractivity contribution is -0.122. The smallest absolute Gasteiger partial charge is 0.266 e. The van der Waals surface area contributed by atoms with Crippen LogP contribution in [-0.4, -0.2) is 27.6 Å². The molecule has 0 radical (unpaired) electrons. The predicted octanol–water partition coefficient (Wildman–Crippen LogP) is 6.39. The van der Waals surface area contributed by atoms with Gasteiger partial charge >= 0.3 is 0 Å². The Hall–Kier alpha value is -1.86. The first-order valence-corrected chi connectivity index (χ1v) is 11.5. The molecule has 4 nitrogen and oxygen atoms in total. The highest BCUT2D eigenvalue weighted by molar-refractivity contribution is 8.26. The normalized spacial score (nSPS) is 15.1. The third-order valence-corrected chi connectivity index (χ3v) is 6.34. The fourth-order valence-electron chi connectivity index (χ4n) is 2.89. The molecule has 3 rings (SSSR count). The van der Waals surface area contributed by atoms with Gasteiger partial charge in [0.05, 0.1) is 4.91 Å². The molecule has 2 aromatic carbocycles. The van der Waals surface area contributed by atoms with Crippen LogP contribution in [0.15, 0.2) is 53.4 Å². The summed E-state index contributed by atoms with van der Waals surface area (Å²) in [5.74, 6) is -0.103. The second-order valence-electron chi connectivity index (χ2n) is 6.75. The Balaban J connectivity index is 1.40. The van der Waals surface area contributed by atoms with Crippen LogP contribution in [0.2, 0.25) is 10.0 Å². The first-order chi connectivity index (χ1) is 14.4. The lowest BCUT2D eigenvalue weighted by atomic mass is 10.1. The zero-order valence-corrected chi connectivity index (χ0v) is 19.2. The highest BCUT2D eigenvalue weighted by Gasteiger charge is 2.31. The molecule has 1 heterocycles. The summed E-state index contributed by atoms with van der Waals surface area (Å²) >= 11 is 18.4. The monoisotopic (exact) mass is 478 g/mol. The van der Waals surface area contributed by atoms with Crippen LogP contribution in [0.5, 0.6) is 0 Å². The molecule has 0 aliphatic carbocycles. The van der Waals surface area contributed by atoms with E-state index in [-0.39, 0.29) is 11.8 Å². The van der Waals surface area contributed by atoms with Crippen LogP contribution in [0, 0.1) is 0 Å². The molecular formula is C22H20Cl2N2O2S2. The summed E-state index contributed by atoms with van der Waals surface area (Å²) in [5, 5.41) is 4.13. The maximum atomic E-state index is 12.6. The molecule has 1 saturated heterocycles. The third kappa shape index (κ3) is 6.57. The standard InChI is InChI=1S/C22H20Cl2N2O2S2/c23-16-7-5-15(6-8-16)14-19-21(28)26(22(29)30-19)13-3-1-2-4-20(27)25-18-11-9-17(24)10-12-18/h5-12,14H,1-4,13H2,(H,25,27)/b19-14-. The number of unbranched alkanes of at least 4 members (excludes halogenated alkanes) is 2. The minimum absolute atomic E-state index is 0.0335. The van der Waals surface area contributed by atoms with E-state index in [1.54, 1.807) is 41.3 Å². The van der Waals surface area contributed by atoms with Crippen molar-refractivity contribution in [3.63, 3.8) is 0 Å². The molecule has 0 atom stereocenters. The number of hydrogen-bond donors (Lipinski definition) is 1. The van der Waals surface area contributed by atoms with Crippen molar-refractivity contribution in [2.75, 3.05) is 11.9 Å². The first kappa shape index (κ1) is 22.8. The van der Waals surface area contributed by atoms with Gasteiger partial charge in [-0.25, -0.2) is 0 Å². The van der Waals surface area contributed by atoms with Gasteiger partial charge in [-0.05, 0) is 60.9 Å². The Bertz CT molecular complexity index is 960. The Labute approximate surface area is 195 Å². The number of rotatable bonds is 8. The molecule has 1 aliphatic rings. The highest BCUT2D eigenvalue weighted by Crippen LogP contribution is 2.33. The molecule has 1 fully saturated rings. The maximum Gasteiger partial charge on any atom is 0.266 e. The number of carbonyl (C=O) groups is 2. The van der Waals surface area contributed by atoms with Crippen molar-refractivity contribution in [1.82, 2.24) is 4.90 Å². The van der Waals surface area contributed by atoms with E-state index in [4.69, 9.17) is 35.4 Å². The van der Waals surface area contributed by atoms with Gasteiger partial charge < -0.3 is 5.32 Å². The average molecular weight is 479 g/mol. The lowest BCUT2D eigenvalue weighted by Gasteiger charge is -2.14. The summed E-state index contributed by atoms with van der Waals surface area (Å²) in [6.07, 6.45) is 4.62. The number of hydrogen-bond acceptors (Lipinski definition) is 4. The highest BCUT2D eigenvalue weighted by atomic mass is 35.5. The van der Waals surface area contributed by atoms with Gasteiger partial charge in [0.1, 0.15) is 4.32 Å². The van der Waals surface area contributed by atoms with Crippen LogP contribution in [0.25, 0.3) is 6.08 Å². The molecule has 0 unspecified atom stereocenters. The summed E-state index contributed by atoms with van der Waals surface area (Å²) < 4.78 is 0.570. The molecule has 1 N–H and O–H groups in total. The lowest BCUT2D eigenvalue weighted by Crippen LogP contribution is -2.29. The van der Waals surface area contributed by atoms with Crippen molar-refractivity contribution < 1.29 is 9.59 Å². The van der Waals surface area contributed by atoms with E-state index in [2.05, 4.69) is 5.32 Å². The zero-order valence-electron chi connectivity index (χ0n) is 16.1. The predicted molar refractivity (Wildman–Crippen MR) is 130 cm³/mol. The van der Waals surface area contributed by atoms with Crippen molar-refractivity contribution in [3.05, 3.63) is 69.0 Å². The topological polar surface area (TPSA) is 49.4 Å². The summed E-state index contributed by atoms with van der Waals surface area (Å²) in [4.78, 5) is 26.9. The number of halogens is 2. The SMILES string of the molecule is O=C(CCCCCN1C(=O)/C(=C/c2ccc(Cl)cc2)SC1=S)Nc1ccc(Cl)cc1. The molecule has 0 spiro atoms. The molecule has 0 saturated carbocycles. The fourth-order valence-corrected chi connectivity index (χ4v) is 4.45. The molecule has 30 heavy (non-hydrogen) atoms. The van der Waals surface area contributed by atoms with Crippen LogP contribution < -0.4 is 5.32 Å². The molecule has 0 bridgehead atoms. The Kier molecular flexibility index (Phi) is 8.33. The van der Waals surface area contributed by atoms with Crippen molar-refractivity contribution in [2.24, 2.45) is 0 Å². The zero-order chi connectivity index (χ0) is 21.5. The fraction of sp³-hybridized carbons (Fsp3) is 0.227. The van der Waals surface area contributed by atoms with Gasteiger partial charge in [-0.3, -0.25) is 14.5 Å². The molecule has 2 aromatic rings. The van der Waals surface area contributed by atoms with Gasteiger partial charge in [-0.15, -0.1) is 0 Å². The van der Waals surface area contributed by atoms with E-state index >= 15 is 0 Å². The Morgan fingerprint density at radius 3 is 2.30 bits per heavy atom. The number of nitrogens with zero attached hydrogens (tertiary/aromatic N) is 1. The van der Waals surface area contributed by atoms with Crippen molar-refractivity contribution in [2.45, 2.75) is 25.7 Å².